The van der Waals surface area contributed by atoms with Crippen molar-refractivity contribution in [3.05, 3.63) is 29.8 Å². The number of piperidine rings is 2. The van der Waals surface area contributed by atoms with Gasteiger partial charge in [0.2, 0.25) is 17.7 Å². The first-order valence-corrected chi connectivity index (χ1v) is 13.2. The van der Waals surface area contributed by atoms with Gasteiger partial charge in [0.05, 0.1) is 18.9 Å². The first-order chi connectivity index (χ1) is 17.8. The van der Waals surface area contributed by atoms with Crippen LogP contribution in [0.15, 0.2) is 24.3 Å². The summed E-state index contributed by atoms with van der Waals surface area (Å²) in [6.07, 6.45) is 4.94. The predicted molar refractivity (Wildman–Crippen MR) is 138 cm³/mol. The molecule has 2 aliphatic heterocycles. The van der Waals surface area contributed by atoms with Gasteiger partial charge >= 0.3 is 5.97 Å². The van der Waals surface area contributed by atoms with Gasteiger partial charge in [0.15, 0.2) is 0 Å². The highest BCUT2D eigenvalue weighted by Crippen LogP contribution is 2.22. The number of likely N-dealkylation sites (tertiary alicyclic amines) is 1. The minimum atomic E-state index is -1.26. The van der Waals surface area contributed by atoms with Crippen LogP contribution in [0, 0.1) is 11.8 Å². The fraction of sp³-hybridized carbons (Fsp3) is 0.630. The highest BCUT2D eigenvalue weighted by molar-refractivity contribution is 5.88. The zero-order valence-corrected chi connectivity index (χ0v) is 21.8. The fourth-order valence-corrected chi connectivity index (χ4v) is 4.96. The van der Waals surface area contributed by atoms with Crippen molar-refractivity contribution >= 4 is 23.7 Å². The molecule has 0 radical (unpaired) electrons. The Labute approximate surface area is 218 Å². The number of benzene rings is 1. The lowest BCUT2D eigenvalue weighted by atomic mass is 9.92. The molecule has 3 rings (SSSR count). The van der Waals surface area contributed by atoms with Crippen molar-refractivity contribution < 1.29 is 29.0 Å². The maximum Gasteiger partial charge on any atom is 0.328 e. The van der Waals surface area contributed by atoms with Crippen LogP contribution in [0.2, 0.25) is 0 Å². The molecule has 10 nitrogen and oxygen atoms in total. The molecule has 1 unspecified atom stereocenters. The van der Waals surface area contributed by atoms with Crippen LogP contribution in [-0.4, -0.2) is 79.6 Å². The number of ether oxygens (including phenoxy) is 1. The van der Waals surface area contributed by atoms with Gasteiger partial charge < -0.3 is 30.7 Å². The Bertz CT molecular complexity index is 931. The molecular formula is C27H40N4O6. The molecule has 3 amide bonds. The topological polar surface area (TPSA) is 137 Å². The Hall–Kier alpha value is -3.14. The molecule has 2 saturated heterocycles. The van der Waals surface area contributed by atoms with E-state index in [4.69, 9.17) is 4.74 Å². The summed E-state index contributed by atoms with van der Waals surface area (Å²) in [6, 6.07) is 5.72. The van der Waals surface area contributed by atoms with Crippen LogP contribution in [0.3, 0.4) is 0 Å². The highest BCUT2D eigenvalue weighted by atomic mass is 16.5. The normalized spacial score (nSPS) is 19.9. The first kappa shape index (κ1) is 28.4. The highest BCUT2D eigenvalue weighted by Gasteiger charge is 2.30. The van der Waals surface area contributed by atoms with Gasteiger partial charge in [-0.15, -0.1) is 0 Å². The molecule has 2 aliphatic rings. The number of carbonyl (C=O) groups is 4. The average molecular weight is 517 g/mol. The summed E-state index contributed by atoms with van der Waals surface area (Å²) >= 11 is 0. The molecule has 3 atom stereocenters. The van der Waals surface area contributed by atoms with Crippen LogP contribution in [0.1, 0.15) is 56.9 Å². The number of carboxylic acid groups (broad SMARTS) is 1. The second-order valence-electron chi connectivity index (χ2n) is 10.1. The van der Waals surface area contributed by atoms with Crippen molar-refractivity contribution in [1.29, 1.82) is 0 Å². The summed E-state index contributed by atoms with van der Waals surface area (Å²) in [5, 5.41) is 18.1. The summed E-state index contributed by atoms with van der Waals surface area (Å²) in [7, 11) is 1.55. The van der Waals surface area contributed by atoms with E-state index in [1.165, 1.54) is 0 Å². The lowest BCUT2D eigenvalue weighted by Gasteiger charge is -2.33. The zero-order chi connectivity index (χ0) is 26.8. The van der Waals surface area contributed by atoms with Crippen molar-refractivity contribution in [1.82, 2.24) is 20.9 Å². The molecule has 0 aliphatic carbocycles. The van der Waals surface area contributed by atoms with Gasteiger partial charge in [-0.25, -0.2) is 4.79 Å². The molecule has 204 valence electrons. The van der Waals surface area contributed by atoms with E-state index < -0.39 is 23.8 Å². The monoisotopic (exact) mass is 516 g/mol. The molecule has 0 spiro atoms. The summed E-state index contributed by atoms with van der Waals surface area (Å²) in [6.45, 7) is 4.45. The quantitative estimate of drug-likeness (QED) is 0.350. The molecule has 37 heavy (non-hydrogen) atoms. The number of nitrogens with zero attached hydrogens (tertiary/aromatic N) is 1. The number of nitrogens with one attached hydrogen (secondary N) is 3. The Morgan fingerprint density at radius 2 is 1.84 bits per heavy atom. The lowest BCUT2D eigenvalue weighted by Crippen LogP contribution is -2.52. The SMILES string of the molecule is COc1ccc(C(C)C(=O)N[C@@H](CNC(=O)[C@@H]2CCCN(C(=O)CCC3CCNCC3)C2)C(=O)O)cc1. The maximum absolute atomic E-state index is 12.8. The summed E-state index contributed by atoms with van der Waals surface area (Å²) < 4.78 is 5.12. The van der Waals surface area contributed by atoms with Crippen molar-refractivity contribution in [3.63, 3.8) is 0 Å². The Morgan fingerprint density at radius 3 is 2.49 bits per heavy atom. The standard InChI is InChI=1S/C27H40N4O6/c1-18(20-6-8-22(37-2)9-7-20)25(33)30-23(27(35)36)16-29-26(34)21-4-3-15-31(17-21)24(32)10-5-19-11-13-28-14-12-19/h6-9,18-19,21,23,28H,3-5,10-17H2,1-2H3,(H,29,34)(H,30,33)(H,35,36)/t18?,21-,23+/m1/s1. The lowest BCUT2D eigenvalue weighted by molar-refractivity contribution is -0.142. The van der Waals surface area contributed by atoms with Gasteiger partial charge in [0.25, 0.3) is 0 Å². The second kappa shape index (κ2) is 14.0. The Morgan fingerprint density at radius 1 is 1.14 bits per heavy atom. The summed E-state index contributed by atoms with van der Waals surface area (Å²) in [5.41, 5.74) is 0.721. The molecule has 0 saturated carbocycles. The van der Waals surface area contributed by atoms with Gasteiger partial charge in [-0.2, -0.15) is 0 Å². The zero-order valence-electron chi connectivity index (χ0n) is 21.8. The number of hydrogen-bond acceptors (Lipinski definition) is 6. The van der Waals surface area contributed by atoms with Crippen LogP contribution in [0.25, 0.3) is 0 Å². The minimum absolute atomic E-state index is 0.0826. The number of carboxylic acids is 1. The Kier molecular flexibility index (Phi) is 10.7. The van der Waals surface area contributed by atoms with Crippen LogP contribution in [-0.2, 0) is 19.2 Å². The van der Waals surface area contributed by atoms with Gasteiger partial charge in [0.1, 0.15) is 11.8 Å². The van der Waals surface area contributed by atoms with Crippen LogP contribution in [0.5, 0.6) is 5.75 Å². The van der Waals surface area contributed by atoms with E-state index >= 15 is 0 Å². The van der Waals surface area contributed by atoms with E-state index in [1.54, 1.807) is 43.2 Å². The molecule has 1 aromatic carbocycles. The fourth-order valence-electron chi connectivity index (χ4n) is 4.96. The number of methoxy groups -OCH3 is 1. The summed E-state index contributed by atoms with van der Waals surface area (Å²) in [4.78, 5) is 51.8. The molecule has 0 bridgehead atoms. The number of carbonyl (C=O) groups excluding carboxylic acids is 3. The van der Waals surface area contributed by atoms with E-state index in [1.807, 2.05) is 0 Å². The van der Waals surface area contributed by atoms with E-state index in [0.717, 1.165) is 44.3 Å². The number of amides is 3. The maximum atomic E-state index is 12.8. The van der Waals surface area contributed by atoms with Crippen molar-refractivity contribution in [2.75, 3.05) is 39.8 Å². The molecule has 10 heteroatoms. The molecular weight excluding hydrogens is 476 g/mol. The Balaban J connectivity index is 1.46. The summed E-state index contributed by atoms with van der Waals surface area (Å²) in [5.74, 6) is -1.62. The van der Waals surface area contributed by atoms with Crippen LogP contribution >= 0.6 is 0 Å². The van der Waals surface area contributed by atoms with E-state index in [-0.39, 0.29) is 24.3 Å². The number of rotatable bonds is 11. The van der Waals surface area contributed by atoms with Crippen molar-refractivity contribution in [2.45, 2.75) is 57.4 Å². The van der Waals surface area contributed by atoms with E-state index in [2.05, 4.69) is 16.0 Å². The van der Waals surface area contributed by atoms with Crippen molar-refractivity contribution in [3.8, 4) is 5.75 Å². The van der Waals surface area contributed by atoms with Gasteiger partial charge in [-0.05, 0) is 75.7 Å². The number of aliphatic carboxylic acids is 1. The third-order valence-electron chi connectivity index (χ3n) is 7.47. The molecule has 2 fully saturated rings. The number of hydrogen-bond donors (Lipinski definition) is 4. The predicted octanol–water partition coefficient (Wildman–Crippen LogP) is 1.50. The minimum Gasteiger partial charge on any atom is -0.497 e. The molecule has 0 aromatic heterocycles. The van der Waals surface area contributed by atoms with Gasteiger partial charge in [-0.3, -0.25) is 14.4 Å². The van der Waals surface area contributed by atoms with Gasteiger partial charge in [0, 0.05) is 26.1 Å². The second-order valence-corrected chi connectivity index (χ2v) is 10.1. The third kappa shape index (κ3) is 8.45. The third-order valence-corrected chi connectivity index (χ3v) is 7.47. The van der Waals surface area contributed by atoms with Gasteiger partial charge in [-0.1, -0.05) is 12.1 Å². The average Bonchev–Trinajstić information content (AvgIpc) is 2.93. The van der Waals surface area contributed by atoms with Crippen LogP contribution in [0.4, 0.5) is 0 Å². The molecule has 4 N–H and O–H groups in total. The van der Waals surface area contributed by atoms with Crippen LogP contribution < -0.4 is 20.7 Å². The molecule has 1 aromatic rings. The largest absolute Gasteiger partial charge is 0.497 e. The van der Waals surface area contributed by atoms with E-state index in [9.17, 15) is 24.3 Å². The molecule has 2 heterocycles. The smallest absolute Gasteiger partial charge is 0.328 e. The van der Waals surface area contributed by atoms with E-state index in [0.29, 0.717) is 37.6 Å². The first-order valence-electron chi connectivity index (χ1n) is 13.2. The van der Waals surface area contributed by atoms with Crippen molar-refractivity contribution in [2.24, 2.45) is 11.8 Å².